The Morgan fingerprint density at radius 3 is 2.91 bits per heavy atom. The number of aryl methyl sites for hydroxylation is 1. The Bertz CT molecular complexity index is 885. The molecule has 0 N–H and O–H groups in total. The molecular weight excluding hydrogens is 312 g/mol. The first-order valence-corrected chi connectivity index (χ1v) is 9.14. The van der Waals surface area contributed by atoms with E-state index in [9.17, 15) is 8.42 Å². The molecule has 120 valence electrons. The van der Waals surface area contributed by atoms with Gasteiger partial charge in [0, 0.05) is 31.9 Å². The summed E-state index contributed by atoms with van der Waals surface area (Å²) < 4.78 is 30.2. The Labute approximate surface area is 135 Å². The quantitative estimate of drug-likeness (QED) is 0.835. The van der Waals surface area contributed by atoms with E-state index in [2.05, 4.69) is 14.4 Å². The van der Waals surface area contributed by atoms with E-state index in [0.717, 1.165) is 31.5 Å². The van der Waals surface area contributed by atoms with Crippen molar-refractivity contribution >= 4 is 15.9 Å². The van der Waals surface area contributed by atoms with E-state index in [4.69, 9.17) is 0 Å². The number of amidine groups is 1. The van der Waals surface area contributed by atoms with Gasteiger partial charge in [0.1, 0.15) is 4.90 Å². The molecule has 0 saturated carbocycles. The summed E-state index contributed by atoms with van der Waals surface area (Å²) in [6, 6.07) is 7.07. The molecule has 0 radical (unpaired) electrons. The van der Waals surface area contributed by atoms with Gasteiger partial charge in [-0.3, -0.25) is 4.68 Å². The molecule has 2 aromatic rings. The summed E-state index contributed by atoms with van der Waals surface area (Å²) in [6.07, 6.45) is 5.94. The number of sulfonamides is 1. The molecule has 0 bridgehead atoms. The van der Waals surface area contributed by atoms with Gasteiger partial charge in [-0.2, -0.15) is 13.5 Å². The predicted octanol–water partition coefficient (Wildman–Crippen LogP) is 1.43. The lowest BCUT2D eigenvalue weighted by molar-refractivity contribution is 0.479. The number of hydrogen-bond acceptors (Lipinski definition) is 4. The van der Waals surface area contributed by atoms with Crippen LogP contribution in [0.3, 0.4) is 0 Å². The number of rotatable bonds is 2. The van der Waals surface area contributed by atoms with Crippen LogP contribution in [0.1, 0.15) is 17.5 Å². The van der Waals surface area contributed by atoms with Crippen molar-refractivity contribution in [1.82, 2.24) is 14.7 Å². The van der Waals surface area contributed by atoms with Crippen molar-refractivity contribution in [2.24, 2.45) is 17.4 Å². The fraction of sp³-hybridized carbons (Fsp3) is 0.375. The average molecular weight is 330 g/mol. The predicted molar refractivity (Wildman–Crippen MR) is 86.8 cm³/mol. The van der Waals surface area contributed by atoms with Gasteiger partial charge in [0.05, 0.1) is 6.20 Å². The molecule has 0 spiro atoms. The number of aromatic nitrogens is 2. The van der Waals surface area contributed by atoms with Crippen LogP contribution in [0.2, 0.25) is 0 Å². The third kappa shape index (κ3) is 2.55. The van der Waals surface area contributed by atoms with Crippen LogP contribution in [0, 0.1) is 5.92 Å². The van der Waals surface area contributed by atoms with Gasteiger partial charge in [-0.05, 0) is 36.5 Å². The smallest absolute Gasteiger partial charge is 0.285 e. The van der Waals surface area contributed by atoms with Crippen LogP contribution in [0.5, 0.6) is 0 Å². The Morgan fingerprint density at radius 2 is 2.13 bits per heavy atom. The first-order valence-electron chi connectivity index (χ1n) is 7.70. The summed E-state index contributed by atoms with van der Waals surface area (Å²) in [6.45, 7) is 1.67. The van der Waals surface area contributed by atoms with Gasteiger partial charge in [-0.15, -0.1) is 4.40 Å². The molecule has 1 aromatic heterocycles. The normalized spacial score (nSPS) is 22.2. The van der Waals surface area contributed by atoms with Crippen LogP contribution in [-0.4, -0.2) is 42.0 Å². The van der Waals surface area contributed by atoms with Crippen molar-refractivity contribution < 1.29 is 8.42 Å². The third-order valence-corrected chi connectivity index (χ3v) is 5.81. The maximum atomic E-state index is 12.2. The topological polar surface area (TPSA) is 67.6 Å². The highest BCUT2D eigenvalue weighted by Gasteiger charge is 2.34. The third-order valence-electron chi connectivity index (χ3n) is 4.48. The zero-order valence-electron chi connectivity index (χ0n) is 12.9. The molecule has 4 rings (SSSR count). The number of hydrogen-bond donors (Lipinski definition) is 0. The summed E-state index contributed by atoms with van der Waals surface area (Å²) in [5.74, 6) is 1.10. The molecule has 1 atom stereocenters. The fourth-order valence-corrected chi connectivity index (χ4v) is 4.65. The maximum Gasteiger partial charge on any atom is 0.285 e. The molecule has 1 aromatic carbocycles. The largest absolute Gasteiger partial charge is 0.355 e. The fourth-order valence-electron chi connectivity index (χ4n) is 3.42. The minimum Gasteiger partial charge on any atom is -0.355 e. The number of fused-ring (bicyclic) bond motifs is 1. The molecule has 2 aliphatic rings. The van der Waals surface area contributed by atoms with E-state index < -0.39 is 10.0 Å². The summed E-state index contributed by atoms with van der Waals surface area (Å²) in [5.41, 5.74) is 1.95. The Kier molecular flexibility index (Phi) is 3.26. The Morgan fingerprint density at radius 1 is 1.30 bits per heavy atom. The lowest BCUT2D eigenvalue weighted by Gasteiger charge is -2.18. The van der Waals surface area contributed by atoms with Gasteiger partial charge in [0.2, 0.25) is 0 Å². The zero-order chi connectivity index (χ0) is 16.0. The van der Waals surface area contributed by atoms with Gasteiger partial charge >= 0.3 is 0 Å². The van der Waals surface area contributed by atoms with Crippen molar-refractivity contribution in [2.45, 2.75) is 17.7 Å². The van der Waals surface area contributed by atoms with E-state index >= 15 is 0 Å². The van der Waals surface area contributed by atoms with Crippen molar-refractivity contribution in [3.63, 3.8) is 0 Å². The van der Waals surface area contributed by atoms with Crippen molar-refractivity contribution in [3.05, 3.63) is 47.8 Å². The Balaban J connectivity index is 1.54. The van der Waals surface area contributed by atoms with E-state index in [1.165, 1.54) is 5.56 Å². The van der Waals surface area contributed by atoms with Gasteiger partial charge in [0.15, 0.2) is 5.84 Å². The van der Waals surface area contributed by atoms with Crippen molar-refractivity contribution in [3.8, 4) is 0 Å². The minimum absolute atomic E-state index is 0.325. The molecule has 0 aliphatic carbocycles. The first-order chi connectivity index (χ1) is 11.0. The second-order valence-corrected chi connectivity index (χ2v) is 7.79. The van der Waals surface area contributed by atoms with E-state index in [-0.39, 0.29) is 0 Å². The number of likely N-dealkylation sites (tertiary alicyclic amines) is 1. The summed E-state index contributed by atoms with van der Waals surface area (Å²) in [4.78, 5) is 2.43. The maximum absolute atomic E-state index is 12.2. The molecule has 7 heteroatoms. The lowest BCUT2D eigenvalue weighted by atomic mass is 10.0. The molecule has 3 heterocycles. The standard InChI is InChI=1S/C16H18N4O2S/c1-19-10-13(9-17-19)8-12-6-7-20(11-12)16-14-4-2-3-5-15(14)23(21,22)18-16/h2-5,9-10,12H,6-8,11H2,1H3. The molecule has 23 heavy (non-hydrogen) atoms. The van der Waals surface area contributed by atoms with E-state index in [1.807, 2.05) is 36.3 Å². The van der Waals surface area contributed by atoms with Gasteiger partial charge in [0.25, 0.3) is 10.0 Å². The lowest BCUT2D eigenvalue weighted by Crippen LogP contribution is -2.28. The summed E-state index contributed by atoms with van der Waals surface area (Å²) in [5, 5.41) is 4.20. The van der Waals surface area contributed by atoms with Crippen LogP contribution in [-0.2, 0) is 23.5 Å². The number of benzene rings is 1. The van der Waals surface area contributed by atoms with Crippen LogP contribution < -0.4 is 0 Å². The molecular formula is C16H18N4O2S. The molecule has 6 nitrogen and oxygen atoms in total. The highest BCUT2D eigenvalue weighted by atomic mass is 32.2. The van der Waals surface area contributed by atoms with Gasteiger partial charge in [-0.1, -0.05) is 12.1 Å². The van der Waals surface area contributed by atoms with E-state index in [1.54, 1.807) is 12.1 Å². The van der Waals surface area contributed by atoms with Gasteiger partial charge < -0.3 is 4.90 Å². The molecule has 1 saturated heterocycles. The monoisotopic (exact) mass is 330 g/mol. The minimum atomic E-state index is -3.53. The second-order valence-electron chi connectivity index (χ2n) is 6.21. The van der Waals surface area contributed by atoms with Gasteiger partial charge in [-0.25, -0.2) is 0 Å². The molecule has 1 unspecified atom stereocenters. The van der Waals surface area contributed by atoms with Crippen LogP contribution in [0.25, 0.3) is 0 Å². The van der Waals surface area contributed by atoms with E-state index in [0.29, 0.717) is 16.6 Å². The number of nitrogens with zero attached hydrogens (tertiary/aromatic N) is 4. The molecule has 2 aliphatic heterocycles. The first kappa shape index (κ1) is 14.4. The van der Waals surface area contributed by atoms with Crippen LogP contribution >= 0.6 is 0 Å². The highest BCUT2D eigenvalue weighted by Crippen LogP contribution is 2.30. The summed E-state index contributed by atoms with van der Waals surface area (Å²) >= 11 is 0. The molecule has 1 fully saturated rings. The van der Waals surface area contributed by atoms with Crippen molar-refractivity contribution in [1.29, 1.82) is 0 Å². The summed E-state index contributed by atoms with van der Waals surface area (Å²) in [7, 11) is -1.62. The van der Waals surface area contributed by atoms with Crippen LogP contribution in [0.4, 0.5) is 0 Å². The SMILES string of the molecule is Cn1cc(CC2CCN(C3=NS(=O)(=O)c4ccccc43)C2)cn1. The highest BCUT2D eigenvalue weighted by molar-refractivity contribution is 7.90. The van der Waals surface area contributed by atoms with Crippen molar-refractivity contribution in [2.75, 3.05) is 13.1 Å². The molecule has 0 amide bonds. The Hall–Kier alpha value is -2.15. The van der Waals surface area contributed by atoms with Crippen LogP contribution in [0.15, 0.2) is 46.0 Å². The zero-order valence-corrected chi connectivity index (χ0v) is 13.7. The second kappa shape index (κ2) is 5.19. The average Bonchev–Trinajstić information content (AvgIpc) is 3.20.